The summed E-state index contributed by atoms with van der Waals surface area (Å²) in [7, 11) is 1.56. The van der Waals surface area contributed by atoms with E-state index in [-0.39, 0.29) is 11.6 Å². The number of hydrogen-bond acceptors (Lipinski definition) is 3. The minimum absolute atomic E-state index is 0.0360. The smallest absolute Gasteiger partial charge is 0.254 e. The quantitative estimate of drug-likeness (QED) is 0.619. The van der Waals surface area contributed by atoms with Gasteiger partial charge in [-0.3, -0.25) is 4.79 Å². The van der Waals surface area contributed by atoms with E-state index >= 15 is 0 Å². The predicted octanol–water partition coefficient (Wildman–Crippen LogP) is 1.68. The maximum atomic E-state index is 13.0. The molecule has 4 nitrogen and oxygen atoms in total. The number of anilines is 1. The normalized spacial score (nSPS) is 10.1. The molecule has 0 radical (unpaired) electrons. The monoisotopic (exact) mass is 252 g/mol. The average molecular weight is 252 g/mol. The standard InChI is InChI=1S/C13H17FN2O2/c1-3-6-16(7-8-18-2)13(17)10-4-5-11(14)12(15)9-10/h3-5,9H,1,6-8,15H2,2H3. The maximum absolute atomic E-state index is 13.0. The van der Waals surface area contributed by atoms with Gasteiger partial charge in [0.25, 0.3) is 5.91 Å². The maximum Gasteiger partial charge on any atom is 0.254 e. The zero-order valence-electron chi connectivity index (χ0n) is 10.4. The lowest BCUT2D eigenvalue weighted by Gasteiger charge is -2.20. The molecule has 0 saturated carbocycles. The number of nitrogen functional groups attached to an aromatic ring is 1. The Balaban J connectivity index is 2.86. The van der Waals surface area contributed by atoms with Crippen LogP contribution in [0.2, 0.25) is 0 Å². The van der Waals surface area contributed by atoms with Crippen molar-refractivity contribution in [1.29, 1.82) is 0 Å². The molecule has 0 spiro atoms. The Morgan fingerprint density at radius 3 is 2.89 bits per heavy atom. The van der Waals surface area contributed by atoms with Crippen molar-refractivity contribution in [1.82, 2.24) is 4.90 Å². The average Bonchev–Trinajstić information content (AvgIpc) is 2.37. The van der Waals surface area contributed by atoms with Crippen LogP contribution in [0, 0.1) is 5.82 Å². The Hall–Kier alpha value is -1.88. The molecule has 18 heavy (non-hydrogen) atoms. The Labute approximate surface area is 106 Å². The van der Waals surface area contributed by atoms with Crippen LogP contribution >= 0.6 is 0 Å². The zero-order valence-corrected chi connectivity index (χ0v) is 10.4. The second-order valence-corrected chi connectivity index (χ2v) is 3.77. The molecule has 0 aromatic heterocycles. The molecule has 0 saturated heterocycles. The number of benzene rings is 1. The molecule has 2 N–H and O–H groups in total. The number of methoxy groups -OCH3 is 1. The van der Waals surface area contributed by atoms with Gasteiger partial charge in [-0.25, -0.2) is 4.39 Å². The fraction of sp³-hybridized carbons (Fsp3) is 0.308. The lowest BCUT2D eigenvalue weighted by molar-refractivity contribution is 0.0718. The SMILES string of the molecule is C=CCN(CCOC)C(=O)c1ccc(F)c(N)c1. The third-order valence-corrected chi connectivity index (χ3v) is 2.44. The van der Waals surface area contributed by atoms with Crippen LogP contribution in [0.3, 0.4) is 0 Å². The summed E-state index contributed by atoms with van der Waals surface area (Å²) in [5, 5.41) is 0. The van der Waals surface area contributed by atoms with Gasteiger partial charge >= 0.3 is 0 Å². The molecular weight excluding hydrogens is 235 g/mol. The highest BCUT2D eigenvalue weighted by atomic mass is 19.1. The van der Waals surface area contributed by atoms with Crippen LogP contribution in [-0.2, 0) is 4.74 Å². The van der Waals surface area contributed by atoms with E-state index < -0.39 is 5.82 Å². The van der Waals surface area contributed by atoms with Gasteiger partial charge in [0.05, 0.1) is 12.3 Å². The van der Waals surface area contributed by atoms with Crippen molar-refractivity contribution in [2.45, 2.75) is 0 Å². The van der Waals surface area contributed by atoms with Gasteiger partial charge in [-0.15, -0.1) is 6.58 Å². The first-order chi connectivity index (χ1) is 8.60. The van der Waals surface area contributed by atoms with Gasteiger partial charge in [0, 0.05) is 25.8 Å². The first-order valence-corrected chi connectivity index (χ1v) is 5.54. The molecule has 5 heteroatoms. The summed E-state index contributed by atoms with van der Waals surface area (Å²) in [4.78, 5) is 13.7. The Morgan fingerprint density at radius 2 is 2.33 bits per heavy atom. The highest BCUT2D eigenvalue weighted by molar-refractivity contribution is 5.95. The molecule has 98 valence electrons. The fourth-order valence-corrected chi connectivity index (χ4v) is 1.49. The second-order valence-electron chi connectivity index (χ2n) is 3.77. The van der Waals surface area contributed by atoms with E-state index in [0.29, 0.717) is 25.3 Å². The van der Waals surface area contributed by atoms with Crippen LogP contribution in [0.5, 0.6) is 0 Å². The van der Waals surface area contributed by atoms with Crippen molar-refractivity contribution in [2.75, 3.05) is 32.5 Å². The van der Waals surface area contributed by atoms with E-state index in [1.165, 1.54) is 18.2 Å². The van der Waals surface area contributed by atoms with Crippen LogP contribution in [0.15, 0.2) is 30.9 Å². The van der Waals surface area contributed by atoms with Gasteiger partial charge in [0.1, 0.15) is 5.82 Å². The van der Waals surface area contributed by atoms with Crippen molar-refractivity contribution >= 4 is 11.6 Å². The fourth-order valence-electron chi connectivity index (χ4n) is 1.49. The van der Waals surface area contributed by atoms with Gasteiger partial charge in [-0.05, 0) is 18.2 Å². The summed E-state index contributed by atoms with van der Waals surface area (Å²) in [5.74, 6) is -0.752. The topological polar surface area (TPSA) is 55.6 Å². The molecule has 0 aliphatic carbocycles. The first-order valence-electron chi connectivity index (χ1n) is 5.54. The van der Waals surface area contributed by atoms with Crippen LogP contribution in [0.25, 0.3) is 0 Å². The molecule has 0 aliphatic rings. The van der Waals surface area contributed by atoms with E-state index in [0.717, 1.165) is 0 Å². The van der Waals surface area contributed by atoms with Crippen molar-refractivity contribution in [3.8, 4) is 0 Å². The largest absolute Gasteiger partial charge is 0.396 e. The summed E-state index contributed by atoms with van der Waals surface area (Å²) < 4.78 is 18.0. The third kappa shape index (κ3) is 3.56. The highest BCUT2D eigenvalue weighted by Gasteiger charge is 2.15. The van der Waals surface area contributed by atoms with Crippen molar-refractivity contribution in [2.24, 2.45) is 0 Å². The number of nitrogens with zero attached hydrogens (tertiary/aromatic N) is 1. The minimum atomic E-state index is -0.529. The second kappa shape index (κ2) is 6.76. The minimum Gasteiger partial charge on any atom is -0.396 e. The summed E-state index contributed by atoms with van der Waals surface area (Å²) in [6.07, 6.45) is 1.63. The first kappa shape index (κ1) is 14.2. The number of rotatable bonds is 6. The van der Waals surface area contributed by atoms with Crippen LogP contribution in [0.4, 0.5) is 10.1 Å². The molecular formula is C13H17FN2O2. The molecule has 0 bridgehead atoms. The molecule has 0 unspecified atom stereocenters. The van der Waals surface area contributed by atoms with Gasteiger partial charge in [-0.1, -0.05) is 6.08 Å². The molecule has 1 aromatic rings. The number of carbonyl (C=O) groups excluding carboxylic acids is 1. The molecule has 0 atom stereocenters. The van der Waals surface area contributed by atoms with Gasteiger partial charge in [-0.2, -0.15) is 0 Å². The lowest BCUT2D eigenvalue weighted by atomic mass is 10.1. The van der Waals surface area contributed by atoms with Gasteiger partial charge < -0.3 is 15.4 Å². The van der Waals surface area contributed by atoms with Gasteiger partial charge in [0.15, 0.2) is 0 Å². The number of hydrogen-bond donors (Lipinski definition) is 1. The number of amides is 1. The van der Waals surface area contributed by atoms with Crippen LogP contribution in [0.1, 0.15) is 10.4 Å². The zero-order chi connectivity index (χ0) is 13.5. The van der Waals surface area contributed by atoms with E-state index in [4.69, 9.17) is 10.5 Å². The Morgan fingerprint density at radius 1 is 1.61 bits per heavy atom. The van der Waals surface area contributed by atoms with Crippen molar-refractivity contribution in [3.05, 3.63) is 42.2 Å². The van der Waals surface area contributed by atoms with Gasteiger partial charge in [0.2, 0.25) is 0 Å². The number of carbonyl (C=O) groups is 1. The summed E-state index contributed by atoms with van der Waals surface area (Å²) >= 11 is 0. The van der Waals surface area contributed by atoms with E-state index in [2.05, 4.69) is 6.58 Å². The van der Waals surface area contributed by atoms with Crippen molar-refractivity contribution in [3.63, 3.8) is 0 Å². The molecule has 0 aliphatic heterocycles. The summed E-state index contributed by atoms with van der Waals surface area (Å²) in [6.45, 7) is 4.87. The molecule has 1 amide bonds. The Kier molecular flexibility index (Phi) is 5.32. The summed E-state index contributed by atoms with van der Waals surface area (Å²) in [5.41, 5.74) is 5.76. The summed E-state index contributed by atoms with van der Waals surface area (Å²) in [6, 6.07) is 3.93. The number of halogens is 1. The van der Waals surface area contributed by atoms with Crippen molar-refractivity contribution < 1.29 is 13.9 Å². The highest BCUT2D eigenvalue weighted by Crippen LogP contribution is 2.14. The molecule has 0 fully saturated rings. The lowest BCUT2D eigenvalue weighted by Crippen LogP contribution is -2.34. The van der Waals surface area contributed by atoms with Crippen LogP contribution in [-0.4, -0.2) is 37.6 Å². The van der Waals surface area contributed by atoms with E-state index in [9.17, 15) is 9.18 Å². The van der Waals surface area contributed by atoms with E-state index in [1.807, 2.05) is 0 Å². The third-order valence-electron chi connectivity index (χ3n) is 2.44. The molecule has 1 rings (SSSR count). The number of nitrogens with two attached hydrogens (primary N) is 1. The van der Waals surface area contributed by atoms with E-state index in [1.54, 1.807) is 18.1 Å². The Bertz CT molecular complexity index is 435. The molecule has 0 heterocycles. The van der Waals surface area contributed by atoms with Crippen LogP contribution < -0.4 is 5.73 Å². The predicted molar refractivity (Wildman–Crippen MR) is 68.8 cm³/mol. The molecule has 1 aromatic carbocycles. The number of ether oxygens (including phenoxy) is 1.